The highest BCUT2D eigenvalue weighted by molar-refractivity contribution is 14.0. The van der Waals surface area contributed by atoms with Gasteiger partial charge in [-0.2, -0.15) is 0 Å². The van der Waals surface area contributed by atoms with E-state index in [1.807, 2.05) is 13.0 Å². The molecule has 3 unspecified atom stereocenters. The number of halogens is 1. The molecular formula is C22H36IN5OS. The summed E-state index contributed by atoms with van der Waals surface area (Å²) in [4.78, 5) is 9.43. The molecule has 6 nitrogen and oxygen atoms in total. The lowest BCUT2D eigenvalue weighted by molar-refractivity contribution is 0.413. The molecule has 1 aromatic heterocycles. The van der Waals surface area contributed by atoms with Crippen LogP contribution in [0.4, 0.5) is 0 Å². The molecule has 0 bridgehead atoms. The van der Waals surface area contributed by atoms with Crippen molar-refractivity contribution in [2.45, 2.75) is 70.7 Å². The number of hydrogen-bond donors (Lipinski definition) is 2. The van der Waals surface area contributed by atoms with Crippen LogP contribution in [-0.2, 0) is 17.3 Å². The molecule has 0 saturated heterocycles. The zero-order valence-corrected chi connectivity index (χ0v) is 21.5. The molecule has 30 heavy (non-hydrogen) atoms. The third kappa shape index (κ3) is 6.67. The van der Waals surface area contributed by atoms with Crippen LogP contribution in [0.15, 0.2) is 29.3 Å². The van der Waals surface area contributed by atoms with Crippen LogP contribution in [0.2, 0.25) is 0 Å². The average molecular weight is 546 g/mol. The largest absolute Gasteiger partial charge is 0.357 e. The van der Waals surface area contributed by atoms with Gasteiger partial charge in [-0.15, -0.1) is 24.0 Å². The third-order valence-corrected chi connectivity index (χ3v) is 7.36. The minimum absolute atomic E-state index is 0. The topological polar surface area (TPSA) is 71.3 Å². The van der Waals surface area contributed by atoms with Crippen LogP contribution < -0.4 is 10.6 Å². The minimum Gasteiger partial charge on any atom is -0.357 e. The molecule has 3 rings (SSSR count). The molecule has 1 aliphatic rings. The van der Waals surface area contributed by atoms with E-state index in [0.29, 0.717) is 11.3 Å². The van der Waals surface area contributed by atoms with E-state index in [-0.39, 0.29) is 24.0 Å². The Kier molecular flexibility index (Phi) is 10.6. The number of imidazole rings is 1. The monoisotopic (exact) mass is 545 g/mol. The van der Waals surface area contributed by atoms with Crippen molar-refractivity contribution in [2.24, 2.45) is 4.99 Å². The molecule has 1 fully saturated rings. The van der Waals surface area contributed by atoms with Gasteiger partial charge in [0.15, 0.2) is 5.96 Å². The van der Waals surface area contributed by atoms with Gasteiger partial charge in [-0.05, 0) is 51.7 Å². The number of guanidine groups is 1. The maximum atomic E-state index is 12.2. The standard InChI is InChI=1S/C22H35N5OS.HI/c1-4-23-22(26-18-10-8-11-19(16-18)29(28)5-2)24-14-9-15-27-17(3)25-20-12-6-7-13-21(20)27;/h6-7,12-13,18-19H,4-5,8-11,14-16H2,1-3H3,(H2,23,24,26);1H. The lowest BCUT2D eigenvalue weighted by Gasteiger charge is -2.30. The van der Waals surface area contributed by atoms with Gasteiger partial charge in [-0.25, -0.2) is 4.98 Å². The van der Waals surface area contributed by atoms with Crippen LogP contribution in [0.1, 0.15) is 51.8 Å². The van der Waals surface area contributed by atoms with Crippen molar-refractivity contribution < 1.29 is 4.21 Å². The quantitative estimate of drug-likeness (QED) is 0.228. The van der Waals surface area contributed by atoms with E-state index in [9.17, 15) is 4.21 Å². The Labute approximate surface area is 200 Å². The summed E-state index contributed by atoms with van der Waals surface area (Å²) in [5.74, 6) is 2.69. The highest BCUT2D eigenvalue weighted by Crippen LogP contribution is 2.23. The molecule has 3 atom stereocenters. The van der Waals surface area contributed by atoms with Crippen molar-refractivity contribution in [2.75, 3.05) is 18.8 Å². The second kappa shape index (κ2) is 12.6. The number of aromatic nitrogens is 2. The van der Waals surface area contributed by atoms with Crippen molar-refractivity contribution in [3.8, 4) is 0 Å². The molecule has 2 aromatic rings. The van der Waals surface area contributed by atoms with Gasteiger partial charge in [0.25, 0.3) is 0 Å². The number of hydrogen-bond acceptors (Lipinski definition) is 3. The van der Waals surface area contributed by atoms with Gasteiger partial charge in [0, 0.05) is 47.5 Å². The maximum absolute atomic E-state index is 12.2. The lowest BCUT2D eigenvalue weighted by atomic mass is 9.95. The zero-order valence-electron chi connectivity index (χ0n) is 18.4. The minimum atomic E-state index is -0.700. The van der Waals surface area contributed by atoms with Gasteiger partial charge in [-0.1, -0.05) is 25.5 Å². The van der Waals surface area contributed by atoms with Gasteiger partial charge < -0.3 is 15.2 Å². The van der Waals surface area contributed by atoms with Crippen LogP contribution >= 0.6 is 24.0 Å². The first kappa shape index (κ1) is 25.1. The highest BCUT2D eigenvalue weighted by atomic mass is 127. The van der Waals surface area contributed by atoms with Gasteiger partial charge in [0.2, 0.25) is 0 Å². The SMILES string of the molecule is CCNC(=NCCCn1c(C)nc2ccccc21)NC1CCCC(S(=O)CC)C1.I. The van der Waals surface area contributed by atoms with Crippen LogP contribution in [0.5, 0.6) is 0 Å². The smallest absolute Gasteiger partial charge is 0.191 e. The number of nitrogens with zero attached hydrogens (tertiary/aromatic N) is 3. The fourth-order valence-electron chi connectivity index (χ4n) is 4.16. The summed E-state index contributed by atoms with van der Waals surface area (Å²) in [6, 6.07) is 8.65. The molecule has 8 heteroatoms. The van der Waals surface area contributed by atoms with Crippen molar-refractivity contribution in [1.82, 2.24) is 20.2 Å². The van der Waals surface area contributed by atoms with E-state index < -0.39 is 10.8 Å². The molecule has 2 N–H and O–H groups in total. The third-order valence-electron chi connectivity index (χ3n) is 5.62. The van der Waals surface area contributed by atoms with Gasteiger partial charge >= 0.3 is 0 Å². The van der Waals surface area contributed by atoms with Gasteiger partial charge in [0.1, 0.15) is 5.82 Å². The first-order valence-corrected chi connectivity index (χ1v) is 12.3. The van der Waals surface area contributed by atoms with E-state index in [4.69, 9.17) is 4.99 Å². The molecule has 0 amide bonds. The van der Waals surface area contributed by atoms with Crippen molar-refractivity contribution in [1.29, 1.82) is 0 Å². The van der Waals surface area contributed by atoms with Crippen LogP contribution in [0, 0.1) is 6.92 Å². The number of benzene rings is 1. The first-order valence-electron chi connectivity index (χ1n) is 11.0. The van der Waals surface area contributed by atoms with Gasteiger partial charge in [-0.3, -0.25) is 9.20 Å². The summed E-state index contributed by atoms with van der Waals surface area (Å²) in [5, 5.41) is 7.28. The number of fused-ring (bicyclic) bond motifs is 1. The predicted octanol–water partition coefficient (Wildman–Crippen LogP) is 3.99. The average Bonchev–Trinajstić information content (AvgIpc) is 3.06. The highest BCUT2D eigenvalue weighted by Gasteiger charge is 2.26. The van der Waals surface area contributed by atoms with Crippen LogP contribution in [0.25, 0.3) is 11.0 Å². The van der Waals surface area contributed by atoms with E-state index in [1.165, 1.54) is 5.52 Å². The fraction of sp³-hybridized carbons (Fsp3) is 0.636. The molecular weight excluding hydrogens is 509 g/mol. The summed E-state index contributed by atoms with van der Waals surface area (Å²) in [6.45, 7) is 8.69. The first-order chi connectivity index (χ1) is 14.1. The molecule has 1 saturated carbocycles. The van der Waals surface area contributed by atoms with Crippen LogP contribution in [-0.4, -0.2) is 49.9 Å². The Morgan fingerprint density at radius 1 is 1.30 bits per heavy atom. The maximum Gasteiger partial charge on any atom is 0.191 e. The molecule has 1 aromatic carbocycles. The Morgan fingerprint density at radius 2 is 2.10 bits per heavy atom. The number of para-hydroxylation sites is 2. The Morgan fingerprint density at radius 3 is 2.87 bits per heavy atom. The number of rotatable bonds is 8. The number of aliphatic imine (C=N–C) groups is 1. The Hall–Kier alpha value is -1.16. The van der Waals surface area contributed by atoms with E-state index in [2.05, 4.69) is 52.2 Å². The van der Waals surface area contributed by atoms with E-state index in [1.54, 1.807) is 0 Å². The molecule has 168 valence electrons. The molecule has 0 aliphatic heterocycles. The van der Waals surface area contributed by atoms with E-state index in [0.717, 1.165) is 74.8 Å². The summed E-state index contributed by atoms with van der Waals surface area (Å²) in [6.07, 6.45) is 5.29. The van der Waals surface area contributed by atoms with Gasteiger partial charge in [0.05, 0.1) is 11.0 Å². The number of nitrogens with one attached hydrogen (secondary N) is 2. The van der Waals surface area contributed by atoms with Crippen LogP contribution in [0.3, 0.4) is 0 Å². The molecule has 1 aliphatic carbocycles. The zero-order chi connectivity index (χ0) is 20.6. The fourth-order valence-corrected chi connectivity index (χ4v) is 5.51. The summed E-state index contributed by atoms with van der Waals surface area (Å²) < 4.78 is 14.5. The predicted molar refractivity (Wildman–Crippen MR) is 138 cm³/mol. The summed E-state index contributed by atoms with van der Waals surface area (Å²) in [5.41, 5.74) is 2.25. The van der Waals surface area contributed by atoms with Crippen molar-refractivity contribution in [3.63, 3.8) is 0 Å². The van der Waals surface area contributed by atoms with Crippen molar-refractivity contribution in [3.05, 3.63) is 30.1 Å². The molecule has 0 spiro atoms. The summed E-state index contributed by atoms with van der Waals surface area (Å²) in [7, 11) is -0.700. The molecule has 1 heterocycles. The summed E-state index contributed by atoms with van der Waals surface area (Å²) >= 11 is 0. The second-order valence-corrected chi connectivity index (χ2v) is 9.72. The van der Waals surface area contributed by atoms with E-state index >= 15 is 0 Å². The second-order valence-electron chi connectivity index (χ2n) is 7.71. The Balaban J connectivity index is 0.00000320. The Bertz CT molecular complexity index is 853. The van der Waals surface area contributed by atoms with Crippen molar-refractivity contribution >= 4 is 51.8 Å². The lowest BCUT2D eigenvalue weighted by Crippen LogP contribution is -2.46. The normalized spacial score (nSPS) is 20.6. The number of aryl methyl sites for hydroxylation is 2. The molecule has 0 radical (unpaired) electrons.